The number of carbonyl (C=O) groups is 2. The number of likely N-dealkylation sites (N-methyl/N-ethyl adjacent to an activating group) is 1. The molecule has 2 aromatic rings. The number of H-pyrrole nitrogens is 1. The third kappa shape index (κ3) is 4.54. The van der Waals surface area contributed by atoms with Gasteiger partial charge in [0.05, 0.1) is 16.6 Å². The number of nitrogens with zero attached hydrogens (tertiary/aromatic N) is 2. The molecule has 0 atom stereocenters. The van der Waals surface area contributed by atoms with E-state index in [2.05, 4.69) is 15.5 Å². The van der Waals surface area contributed by atoms with Gasteiger partial charge in [0, 0.05) is 18.8 Å². The number of hydrogen-bond acceptors (Lipinski definition) is 4. The summed E-state index contributed by atoms with van der Waals surface area (Å²) in [5.41, 5.74) is 0.0865. The molecule has 120 valence electrons. The number of carbonyl (C=O) groups excluding carboxylic acids is 2. The summed E-state index contributed by atoms with van der Waals surface area (Å²) in [7, 11) is 1.45. The molecule has 2 amide bonds. The van der Waals surface area contributed by atoms with Crippen LogP contribution in [0.5, 0.6) is 0 Å². The minimum atomic E-state index is -0.495. The SMILES string of the molecule is CN(CC(=O)Nc1ccc(Cl)c(Cl)c1)C(=O)c1ccc(=O)[nH]n1. The molecule has 0 radical (unpaired) electrons. The van der Waals surface area contributed by atoms with Crippen LogP contribution in [0.15, 0.2) is 35.1 Å². The molecule has 7 nitrogen and oxygen atoms in total. The van der Waals surface area contributed by atoms with Crippen LogP contribution in [0.4, 0.5) is 5.69 Å². The lowest BCUT2D eigenvalue weighted by Gasteiger charge is -2.16. The van der Waals surface area contributed by atoms with E-state index in [0.29, 0.717) is 15.7 Å². The lowest BCUT2D eigenvalue weighted by Crippen LogP contribution is -2.35. The van der Waals surface area contributed by atoms with Gasteiger partial charge in [0.15, 0.2) is 0 Å². The first-order valence-corrected chi connectivity index (χ1v) is 7.18. The van der Waals surface area contributed by atoms with Gasteiger partial charge in [0.1, 0.15) is 5.69 Å². The zero-order valence-electron chi connectivity index (χ0n) is 12.0. The van der Waals surface area contributed by atoms with Gasteiger partial charge in [0.2, 0.25) is 5.91 Å². The predicted octanol–water partition coefficient (Wildman–Crippen LogP) is 1.79. The summed E-state index contributed by atoms with van der Waals surface area (Å²) >= 11 is 11.7. The maximum atomic E-state index is 12.1. The number of hydrogen-bond donors (Lipinski definition) is 2. The lowest BCUT2D eigenvalue weighted by molar-refractivity contribution is -0.116. The van der Waals surface area contributed by atoms with Gasteiger partial charge < -0.3 is 10.2 Å². The van der Waals surface area contributed by atoms with Crippen molar-refractivity contribution >= 4 is 40.7 Å². The number of anilines is 1. The Balaban J connectivity index is 1.98. The Morgan fingerprint density at radius 3 is 2.57 bits per heavy atom. The van der Waals surface area contributed by atoms with Crippen molar-refractivity contribution in [3.63, 3.8) is 0 Å². The summed E-state index contributed by atoms with van der Waals surface area (Å²) in [5.74, 6) is -0.908. The third-order valence-corrected chi connectivity index (χ3v) is 3.57. The number of nitrogens with one attached hydrogen (secondary N) is 2. The second kappa shape index (κ2) is 7.26. The van der Waals surface area contributed by atoms with Crippen LogP contribution < -0.4 is 10.9 Å². The molecule has 1 aromatic heterocycles. The van der Waals surface area contributed by atoms with E-state index in [4.69, 9.17) is 23.2 Å². The molecule has 23 heavy (non-hydrogen) atoms. The molecule has 0 aliphatic rings. The van der Waals surface area contributed by atoms with E-state index in [1.807, 2.05) is 0 Å². The summed E-state index contributed by atoms with van der Waals surface area (Å²) < 4.78 is 0. The Morgan fingerprint density at radius 1 is 1.22 bits per heavy atom. The van der Waals surface area contributed by atoms with Crippen LogP contribution in [0.25, 0.3) is 0 Å². The summed E-state index contributed by atoms with van der Waals surface area (Å²) in [4.78, 5) is 36.1. The van der Waals surface area contributed by atoms with Gasteiger partial charge in [-0.05, 0) is 24.3 Å². The molecule has 0 unspecified atom stereocenters. The molecule has 1 heterocycles. The number of rotatable bonds is 4. The first-order valence-electron chi connectivity index (χ1n) is 6.43. The van der Waals surface area contributed by atoms with Crippen molar-refractivity contribution in [1.29, 1.82) is 0 Å². The van der Waals surface area contributed by atoms with Gasteiger partial charge in [-0.15, -0.1) is 0 Å². The van der Waals surface area contributed by atoms with Crippen molar-refractivity contribution in [3.8, 4) is 0 Å². The first-order chi connectivity index (χ1) is 10.9. The summed E-state index contributed by atoms with van der Waals surface area (Å²) in [6, 6.07) is 7.13. The van der Waals surface area contributed by atoms with Crippen LogP contribution in [-0.4, -0.2) is 40.5 Å². The molecule has 2 N–H and O–H groups in total. The van der Waals surface area contributed by atoms with Crippen LogP contribution in [0, 0.1) is 0 Å². The van der Waals surface area contributed by atoms with Crippen molar-refractivity contribution < 1.29 is 9.59 Å². The van der Waals surface area contributed by atoms with E-state index in [1.54, 1.807) is 12.1 Å². The molecular formula is C14H12Cl2N4O3. The van der Waals surface area contributed by atoms with E-state index in [0.717, 1.165) is 0 Å². The summed E-state index contributed by atoms with van der Waals surface area (Å²) in [6.07, 6.45) is 0. The van der Waals surface area contributed by atoms with Crippen LogP contribution in [-0.2, 0) is 4.79 Å². The fourth-order valence-corrected chi connectivity index (χ4v) is 2.02. The monoisotopic (exact) mass is 354 g/mol. The van der Waals surface area contributed by atoms with Gasteiger partial charge in [-0.2, -0.15) is 5.10 Å². The van der Waals surface area contributed by atoms with Crippen molar-refractivity contribution in [3.05, 3.63) is 56.4 Å². The van der Waals surface area contributed by atoms with Crippen LogP contribution in [0.2, 0.25) is 10.0 Å². The van der Waals surface area contributed by atoms with Gasteiger partial charge in [-0.25, -0.2) is 5.10 Å². The minimum absolute atomic E-state index is 0.0365. The highest BCUT2D eigenvalue weighted by Crippen LogP contribution is 2.24. The molecule has 2 rings (SSSR count). The number of aromatic amines is 1. The zero-order chi connectivity index (χ0) is 17.0. The highest BCUT2D eigenvalue weighted by Gasteiger charge is 2.16. The Morgan fingerprint density at radius 2 is 1.96 bits per heavy atom. The smallest absolute Gasteiger partial charge is 0.274 e. The molecule has 0 aliphatic carbocycles. The molecule has 0 spiro atoms. The van der Waals surface area contributed by atoms with Crippen LogP contribution in [0.1, 0.15) is 10.5 Å². The fourth-order valence-electron chi connectivity index (χ4n) is 1.72. The van der Waals surface area contributed by atoms with Gasteiger partial charge in [0.25, 0.3) is 11.5 Å². The standard InChI is InChI=1S/C14H12Cl2N4O3/c1-20(14(23)11-4-5-12(21)19-18-11)7-13(22)17-8-2-3-9(15)10(16)6-8/h2-6H,7H2,1H3,(H,17,22)(H,19,21). The van der Waals surface area contributed by atoms with E-state index in [-0.39, 0.29) is 12.2 Å². The molecule has 0 aliphatic heterocycles. The summed E-state index contributed by atoms with van der Waals surface area (Å²) in [5, 5.41) is 9.07. The molecule has 0 bridgehead atoms. The Hall–Kier alpha value is -2.38. The molecule has 1 aromatic carbocycles. The Bertz CT molecular complexity index is 786. The molecule has 0 fully saturated rings. The molecular weight excluding hydrogens is 343 g/mol. The van der Waals surface area contributed by atoms with E-state index < -0.39 is 17.4 Å². The van der Waals surface area contributed by atoms with Crippen LogP contribution in [0.3, 0.4) is 0 Å². The van der Waals surface area contributed by atoms with Crippen molar-refractivity contribution in [2.75, 3.05) is 18.9 Å². The Kier molecular flexibility index (Phi) is 5.36. The maximum Gasteiger partial charge on any atom is 0.274 e. The first kappa shape index (κ1) is 17.0. The average Bonchev–Trinajstić information content (AvgIpc) is 2.51. The van der Waals surface area contributed by atoms with E-state index in [1.165, 1.54) is 30.1 Å². The van der Waals surface area contributed by atoms with Gasteiger partial charge >= 0.3 is 0 Å². The summed E-state index contributed by atoms with van der Waals surface area (Å²) in [6.45, 7) is -0.195. The van der Waals surface area contributed by atoms with Gasteiger partial charge in [-0.3, -0.25) is 14.4 Å². The zero-order valence-corrected chi connectivity index (χ0v) is 13.5. The highest BCUT2D eigenvalue weighted by atomic mass is 35.5. The fraction of sp³-hybridized carbons (Fsp3) is 0.143. The van der Waals surface area contributed by atoms with Crippen molar-refractivity contribution in [1.82, 2.24) is 15.1 Å². The lowest BCUT2D eigenvalue weighted by atomic mass is 10.3. The van der Waals surface area contributed by atoms with Gasteiger partial charge in [-0.1, -0.05) is 23.2 Å². The number of amides is 2. The third-order valence-electron chi connectivity index (χ3n) is 2.83. The van der Waals surface area contributed by atoms with E-state index in [9.17, 15) is 14.4 Å². The van der Waals surface area contributed by atoms with E-state index >= 15 is 0 Å². The predicted molar refractivity (Wildman–Crippen MR) is 86.9 cm³/mol. The molecule has 0 saturated heterocycles. The topological polar surface area (TPSA) is 95.2 Å². The minimum Gasteiger partial charge on any atom is -0.331 e. The van der Waals surface area contributed by atoms with Crippen LogP contribution >= 0.6 is 23.2 Å². The number of aromatic nitrogens is 2. The van der Waals surface area contributed by atoms with Crippen molar-refractivity contribution in [2.24, 2.45) is 0 Å². The number of benzene rings is 1. The molecule has 9 heteroatoms. The average molecular weight is 355 g/mol. The molecule has 0 saturated carbocycles. The normalized spacial score (nSPS) is 10.2. The second-order valence-electron chi connectivity index (χ2n) is 4.64. The quantitative estimate of drug-likeness (QED) is 0.874. The second-order valence-corrected chi connectivity index (χ2v) is 5.46. The Labute approximate surface area is 141 Å². The highest BCUT2D eigenvalue weighted by molar-refractivity contribution is 6.42. The maximum absolute atomic E-state index is 12.1. The largest absolute Gasteiger partial charge is 0.331 e. The number of halogens is 2. The van der Waals surface area contributed by atoms with Crippen molar-refractivity contribution in [2.45, 2.75) is 0 Å².